The molecule has 2 N–H and O–H groups in total. The summed E-state index contributed by atoms with van der Waals surface area (Å²) in [6, 6.07) is 13.3. The monoisotopic (exact) mass is 426 g/mol. The third-order valence-corrected chi connectivity index (χ3v) is 4.74. The topological polar surface area (TPSA) is 75.2 Å². The van der Waals surface area contributed by atoms with Crippen LogP contribution in [0, 0.1) is 0 Å². The molecule has 0 unspecified atom stereocenters. The zero-order valence-corrected chi connectivity index (χ0v) is 19.2. The summed E-state index contributed by atoms with van der Waals surface area (Å²) in [4.78, 5) is 18.9. The van der Waals surface area contributed by atoms with Crippen LogP contribution in [0.4, 0.5) is 5.69 Å². The molecule has 7 nitrogen and oxygen atoms in total. The first-order valence-corrected chi connectivity index (χ1v) is 10.8. The fourth-order valence-corrected chi connectivity index (χ4v) is 3.08. The molecule has 0 aromatic heterocycles. The second kappa shape index (κ2) is 12.5. The van der Waals surface area contributed by atoms with Crippen molar-refractivity contribution in [2.45, 2.75) is 34.2 Å². The average Bonchev–Trinajstić information content (AvgIpc) is 2.79. The minimum atomic E-state index is 0.0552. The number of methoxy groups -OCH3 is 1. The summed E-state index contributed by atoms with van der Waals surface area (Å²) in [6.45, 7) is 11.1. The average molecular weight is 427 g/mol. The van der Waals surface area contributed by atoms with Crippen molar-refractivity contribution in [2.75, 3.05) is 38.7 Å². The largest absolute Gasteiger partial charge is 0.493 e. The predicted molar refractivity (Wildman–Crippen MR) is 126 cm³/mol. The normalized spacial score (nSPS) is 11.1. The SMILES string of the molecule is CCNC(=NCc1ccc(C(=O)N(CC)CC)cc1)Nc1ccc(OC)c(OCC)c1. The highest BCUT2D eigenvalue weighted by atomic mass is 16.5. The molecule has 0 aliphatic carbocycles. The molecule has 1 amide bonds. The lowest BCUT2D eigenvalue weighted by atomic mass is 10.1. The zero-order valence-electron chi connectivity index (χ0n) is 19.2. The number of carbonyl (C=O) groups excluding carboxylic acids is 1. The molecule has 2 aromatic rings. The lowest BCUT2D eigenvalue weighted by Crippen LogP contribution is -2.30. The van der Waals surface area contributed by atoms with Gasteiger partial charge in [-0.1, -0.05) is 12.1 Å². The number of hydrogen-bond acceptors (Lipinski definition) is 4. The van der Waals surface area contributed by atoms with Crippen LogP contribution in [-0.2, 0) is 6.54 Å². The lowest BCUT2D eigenvalue weighted by Gasteiger charge is -2.18. The summed E-state index contributed by atoms with van der Waals surface area (Å²) in [7, 11) is 1.62. The summed E-state index contributed by atoms with van der Waals surface area (Å²) in [5.41, 5.74) is 2.57. The van der Waals surface area contributed by atoms with Crippen LogP contribution in [0.3, 0.4) is 0 Å². The lowest BCUT2D eigenvalue weighted by molar-refractivity contribution is 0.0773. The van der Waals surface area contributed by atoms with Gasteiger partial charge in [0.05, 0.1) is 20.3 Å². The van der Waals surface area contributed by atoms with Gasteiger partial charge in [0.2, 0.25) is 0 Å². The van der Waals surface area contributed by atoms with Crippen molar-refractivity contribution in [1.82, 2.24) is 10.2 Å². The fourth-order valence-electron chi connectivity index (χ4n) is 3.08. The predicted octanol–water partition coefficient (Wildman–Crippen LogP) is 4.15. The van der Waals surface area contributed by atoms with Crippen LogP contribution in [0.1, 0.15) is 43.6 Å². The van der Waals surface area contributed by atoms with Crippen molar-refractivity contribution in [3.8, 4) is 11.5 Å². The zero-order chi connectivity index (χ0) is 22.6. The molecule has 0 spiro atoms. The number of ether oxygens (including phenoxy) is 2. The number of nitrogens with one attached hydrogen (secondary N) is 2. The van der Waals surface area contributed by atoms with E-state index in [-0.39, 0.29) is 5.91 Å². The maximum atomic E-state index is 12.5. The van der Waals surface area contributed by atoms with E-state index in [1.54, 1.807) is 7.11 Å². The van der Waals surface area contributed by atoms with Gasteiger partial charge in [0.15, 0.2) is 17.5 Å². The van der Waals surface area contributed by atoms with E-state index in [4.69, 9.17) is 9.47 Å². The van der Waals surface area contributed by atoms with Crippen LogP contribution in [-0.4, -0.2) is 50.1 Å². The van der Waals surface area contributed by atoms with Gasteiger partial charge in [-0.25, -0.2) is 4.99 Å². The Morgan fingerprint density at radius 1 is 1.00 bits per heavy atom. The molecule has 0 saturated heterocycles. The highest BCUT2D eigenvalue weighted by Crippen LogP contribution is 2.30. The Labute approximate surface area is 185 Å². The number of carbonyl (C=O) groups is 1. The first kappa shape index (κ1) is 24.1. The first-order valence-electron chi connectivity index (χ1n) is 10.8. The molecule has 2 rings (SSSR count). The third-order valence-electron chi connectivity index (χ3n) is 4.74. The molecule has 0 aliphatic heterocycles. The van der Waals surface area contributed by atoms with Crippen molar-refractivity contribution in [3.63, 3.8) is 0 Å². The molecule has 0 saturated carbocycles. The van der Waals surface area contributed by atoms with Gasteiger partial charge in [0, 0.05) is 37.0 Å². The number of benzene rings is 2. The summed E-state index contributed by atoms with van der Waals surface area (Å²) < 4.78 is 11.0. The summed E-state index contributed by atoms with van der Waals surface area (Å²) in [6.07, 6.45) is 0. The van der Waals surface area contributed by atoms with Gasteiger partial charge in [-0.15, -0.1) is 0 Å². The first-order chi connectivity index (χ1) is 15.1. The minimum Gasteiger partial charge on any atom is -0.493 e. The van der Waals surface area contributed by atoms with Crippen molar-refractivity contribution in [1.29, 1.82) is 0 Å². The van der Waals surface area contributed by atoms with Gasteiger partial charge in [-0.05, 0) is 57.5 Å². The summed E-state index contributed by atoms with van der Waals surface area (Å²) in [5, 5.41) is 6.55. The van der Waals surface area contributed by atoms with Crippen molar-refractivity contribution >= 4 is 17.6 Å². The van der Waals surface area contributed by atoms with E-state index in [2.05, 4.69) is 15.6 Å². The Hall–Kier alpha value is -3.22. The summed E-state index contributed by atoms with van der Waals surface area (Å²) >= 11 is 0. The van der Waals surface area contributed by atoms with E-state index in [1.165, 1.54) is 0 Å². The Morgan fingerprint density at radius 2 is 1.71 bits per heavy atom. The van der Waals surface area contributed by atoms with Crippen molar-refractivity contribution in [3.05, 3.63) is 53.6 Å². The van der Waals surface area contributed by atoms with E-state index in [0.717, 1.165) is 17.8 Å². The maximum Gasteiger partial charge on any atom is 0.253 e. The van der Waals surface area contributed by atoms with Gasteiger partial charge in [0.25, 0.3) is 5.91 Å². The van der Waals surface area contributed by atoms with E-state index >= 15 is 0 Å². The molecule has 2 aromatic carbocycles. The quantitative estimate of drug-likeness (QED) is 0.441. The number of anilines is 1. The molecule has 7 heteroatoms. The Bertz CT molecular complexity index is 862. The van der Waals surface area contributed by atoms with Crippen LogP contribution in [0.2, 0.25) is 0 Å². The molecular weight excluding hydrogens is 392 g/mol. The smallest absolute Gasteiger partial charge is 0.253 e. The number of nitrogens with zero attached hydrogens (tertiary/aromatic N) is 2. The number of aliphatic imine (C=N–C) groups is 1. The Balaban J connectivity index is 2.11. The van der Waals surface area contributed by atoms with E-state index in [0.29, 0.717) is 49.3 Å². The molecule has 0 fully saturated rings. The summed E-state index contributed by atoms with van der Waals surface area (Å²) in [5.74, 6) is 2.09. The van der Waals surface area contributed by atoms with Crippen molar-refractivity contribution in [2.24, 2.45) is 4.99 Å². The number of guanidine groups is 1. The highest BCUT2D eigenvalue weighted by molar-refractivity contribution is 5.94. The Kier molecular flexibility index (Phi) is 9.68. The van der Waals surface area contributed by atoms with Crippen LogP contribution in [0.25, 0.3) is 0 Å². The second-order valence-corrected chi connectivity index (χ2v) is 6.79. The molecule has 0 aliphatic rings. The standard InChI is InChI=1S/C24H34N4O3/c1-6-25-24(27-20-14-15-21(30-5)22(16-20)31-9-4)26-17-18-10-12-19(13-11-18)23(29)28(7-2)8-3/h10-16H,6-9,17H2,1-5H3,(H2,25,26,27). The molecule has 31 heavy (non-hydrogen) atoms. The molecule has 0 atom stereocenters. The molecule has 168 valence electrons. The number of hydrogen-bond donors (Lipinski definition) is 2. The number of rotatable bonds is 10. The van der Waals surface area contributed by atoms with Gasteiger partial charge in [-0.3, -0.25) is 4.79 Å². The van der Waals surface area contributed by atoms with Crippen LogP contribution < -0.4 is 20.1 Å². The second-order valence-electron chi connectivity index (χ2n) is 6.79. The number of amides is 1. The van der Waals surface area contributed by atoms with Crippen LogP contribution >= 0.6 is 0 Å². The van der Waals surface area contributed by atoms with Crippen LogP contribution in [0.15, 0.2) is 47.5 Å². The molecule has 0 bridgehead atoms. The van der Waals surface area contributed by atoms with Gasteiger partial charge in [0.1, 0.15) is 0 Å². The fraction of sp³-hybridized carbons (Fsp3) is 0.417. The Morgan fingerprint density at radius 3 is 2.29 bits per heavy atom. The van der Waals surface area contributed by atoms with Crippen molar-refractivity contribution < 1.29 is 14.3 Å². The van der Waals surface area contributed by atoms with Crippen LogP contribution in [0.5, 0.6) is 11.5 Å². The van der Waals surface area contributed by atoms with Gasteiger partial charge < -0.3 is 25.0 Å². The minimum absolute atomic E-state index is 0.0552. The maximum absolute atomic E-state index is 12.5. The van der Waals surface area contributed by atoms with E-state index < -0.39 is 0 Å². The highest BCUT2D eigenvalue weighted by Gasteiger charge is 2.12. The van der Waals surface area contributed by atoms with Gasteiger partial charge >= 0.3 is 0 Å². The third kappa shape index (κ3) is 6.91. The molecular formula is C24H34N4O3. The van der Waals surface area contributed by atoms with E-state index in [9.17, 15) is 4.79 Å². The van der Waals surface area contributed by atoms with Gasteiger partial charge in [-0.2, -0.15) is 0 Å². The van der Waals surface area contributed by atoms with E-state index in [1.807, 2.05) is 75.1 Å². The molecule has 0 heterocycles. The molecule has 0 radical (unpaired) electrons.